The van der Waals surface area contributed by atoms with Crippen LogP contribution in [0.2, 0.25) is 0 Å². The standard InChI is InChI=1S/C34H54N8O27P2/c1-12(2)25(32(58)36-15(4-6-20(43)44)28(54)37-16(34(60)61)5-7-21(45)46)41-29(55)18(10-24(51)52)39-33(59)26(13(3)69-71(65,66)67)42-30(56)17(9-23(49)50)38-31(57)19(11-68-70(62,63)64)40-27(53)14(35)8-22(47)48/h12-19,25-26,62-67H,4-11,35H2,1-3H3,(H11-2,36,37,38,39,40,41,42,43,44,45,46,47,48,49,50,51,52,53,54,55,56,57,58,59,60,61)/p+2/t13-,14+,15+,16+,17+,18+,19+,25+,26+/m1/s1. The number of hydrogen-bond donors (Lipinski definition) is 20. The Hall–Kier alpha value is -6.39. The monoisotopic (exact) mass is 1070 g/mol. The van der Waals surface area contributed by atoms with Gasteiger partial charge in [0, 0.05) is 12.8 Å². The van der Waals surface area contributed by atoms with Gasteiger partial charge in [0.2, 0.25) is 41.4 Å². The number of nitrogens with two attached hydrogens (primary N) is 1. The van der Waals surface area contributed by atoms with Crippen molar-refractivity contribution in [3.63, 3.8) is 0 Å². The molecule has 71 heavy (non-hydrogen) atoms. The molecule has 0 aliphatic carbocycles. The molecule has 0 aromatic heterocycles. The highest BCUT2D eigenvalue weighted by Crippen LogP contribution is 2.47. The minimum Gasteiger partial charge on any atom is -0.481 e. The number of carbonyl (C=O) groups excluding carboxylic acids is 7. The first kappa shape index (κ1) is 64.6. The van der Waals surface area contributed by atoms with Crippen molar-refractivity contribution < 1.29 is 131 Å². The molecule has 21 N–H and O–H groups in total. The molecular formula is C34H56N8O27P2+2. The maximum atomic E-state index is 13.8. The predicted octanol–water partition coefficient (Wildman–Crippen LogP) is -7.67. The Morgan fingerprint density at radius 1 is 0.437 bits per heavy atom. The summed E-state index contributed by atoms with van der Waals surface area (Å²) in [5.74, 6) is -21.6. The number of hydrogen-bond acceptors (Lipinski definition) is 22. The van der Waals surface area contributed by atoms with Gasteiger partial charge >= 0.3 is 52.2 Å². The maximum Gasteiger partial charge on any atom is 0.567 e. The molecule has 0 spiro atoms. The van der Waals surface area contributed by atoms with Crippen LogP contribution in [-0.4, -0.2) is 198 Å². The van der Waals surface area contributed by atoms with E-state index in [2.05, 4.69) is 19.7 Å². The Bertz CT molecular complexity index is 1980. The number of rotatable bonds is 34. The van der Waals surface area contributed by atoms with Crippen molar-refractivity contribution in [2.75, 3.05) is 6.61 Å². The molecule has 402 valence electrons. The van der Waals surface area contributed by atoms with E-state index in [-0.39, 0.29) is 0 Å². The van der Waals surface area contributed by atoms with Crippen LogP contribution in [0.25, 0.3) is 0 Å². The zero-order valence-corrected chi connectivity index (χ0v) is 39.2. The summed E-state index contributed by atoms with van der Waals surface area (Å²) in [6, 6.07) is -16.8. The molecule has 0 aromatic carbocycles. The lowest BCUT2D eigenvalue weighted by atomic mass is 10.0. The largest absolute Gasteiger partial charge is 0.567 e. The lowest BCUT2D eigenvalue weighted by Gasteiger charge is -2.29. The van der Waals surface area contributed by atoms with Crippen LogP contribution in [-0.2, 0) is 71.4 Å². The van der Waals surface area contributed by atoms with E-state index in [0.29, 0.717) is 0 Å². The van der Waals surface area contributed by atoms with Gasteiger partial charge in [-0.05, 0) is 25.7 Å². The Morgan fingerprint density at radius 3 is 1.21 bits per heavy atom. The van der Waals surface area contributed by atoms with Crippen LogP contribution >= 0.6 is 16.3 Å². The first-order valence-corrected chi connectivity index (χ1v) is 23.2. The molecule has 0 aliphatic rings. The second kappa shape index (κ2) is 29.7. The number of aliphatic carboxylic acids is 6. The highest BCUT2D eigenvalue weighted by Gasteiger charge is 2.44. The van der Waals surface area contributed by atoms with E-state index in [1.165, 1.54) is 13.8 Å². The van der Waals surface area contributed by atoms with Crippen LogP contribution < -0.4 is 43.0 Å². The number of carboxylic acid groups (broad SMARTS) is 6. The highest BCUT2D eigenvalue weighted by atomic mass is 31.2. The van der Waals surface area contributed by atoms with Gasteiger partial charge in [0.15, 0.2) is 0 Å². The minimum atomic E-state index is -5.40. The third-order valence-electron chi connectivity index (χ3n) is 8.95. The summed E-state index contributed by atoms with van der Waals surface area (Å²) >= 11 is 0. The molecule has 7 amide bonds. The number of amides is 7. The summed E-state index contributed by atoms with van der Waals surface area (Å²) in [5.41, 5.74) is 5.45. The third-order valence-corrected chi connectivity index (χ3v) is 10.1. The van der Waals surface area contributed by atoms with Gasteiger partial charge in [-0.2, -0.15) is 33.9 Å². The normalized spacial score (nSPS) is 15.3. The molecule has 0 rings (SSSR count). The summed E-state index contributed by atoms with van der Waals surface area (Å²) in [5, 5.41) is 69.1. The van der Waals surface area contributed by atoms with Crippen LogP contribution in [0.4, 0.5) is 0 Å². The summed E-state index contributed by atoms with van der Waals surface area (Å²) in [7, 11) is -10.6. The number of nitrogens with one attached hydrogen (secondary N) is 7. The Labute approximate surface area is 400 Å². The van der Waals surface area contributed by atoms with E-state index < -0.39 is 205 Å². The minimum absolute atomic E-state index is 0.647. The van der Waals surface area contributed by atoms with E-state index in [1.807, 2.05) is 16.0 Å². The molecular weight excluding hydrogens is 1010 g/mol. The highest BCUT2D eigenvalue weighted by molar-refractivity contribution is 7.53. The molecule has 0 unspecified atom stereocenters. The Balaban J connectivity index is 6.90. The second-order valence-corrected chi connectivity index (χ2v) is 17.8. The quantitative estimate of drug-likeness (QED) is 0.0266. The zero-order valence-electron chi connectivity index (χ0n) is 37.4. The van der Waals surface area contributed by atoms with Crippen molar-refractivity contribution >= 4 is 93.5 Å². The lowest BCUT2D eigenvalue weighted by Crippen LogP contribution is -2.63. The van der Waals surface area contributed by atoms with Crippen LogP contribution in [0.5, 0.6) is 0 Å². The van der Waals surface area contributed by atoms with Gasteiger partial charge in [-0.3, -0.25) is 57.5 Å². The molecule has 0 saturated heterocycles. The van der Waals surface area contributed by atoms with E-state index in [4.69, 9.17) is 15.9 Å². The molecule has 0 heterocycles. The topological polar surface area (TPSA) is 593 Å². The fourth-order valence-electron chi connectivity index (χ4n) is 5.54. The van der Waals surface area contributed by atoms with Crippen LogP contribution in [0.15, 0.2) is 0 Å². The summed E-state index contributed by atoms with van der Waals surface area (Å²) in [6.07, 6.45) is -8.90. The smallest absolute Gasteiger partial charge is 0.481 e. The van der Waals surface area contributed by atoms with Crippen molar-refractivity contribution in [3.8, 4) is 0 Å². The van der Waals surface area contributed by atoms with Crippen LogP contribution in [0.1, 0.15) is 65.7 Å². The maximum absolute atomic E-state index is 13.8. The number of carboxylic acids is 6. The van der Waals surface area contributed by atoms with Gasteiger partial charge in [-0.25, -0.2) is 4.79 Å². The summed E-state index contributed by atoms with van der Waals surface area (Å²) in [6.45, 7) is 1.95. The molecule has 0 bridgehead atoms. The molecule has 0 fully saturated rings. The first-order chi connectivity index (χ1) is 32.4. The second-order valence-electron chi connectivity index (χ2n) is 15.3. The van der Waals surface area contributed by atoms with E-state index in [1.54, 1.807) is 10.6 Å². The fourth-order valence-corrected chi connectivity index (χ4v) is 6.45. The predicted molar refractivity (Wildman–Crippen MR) is 228 cm³/mol. The molecule has 0 radical (unpaired) electrons. The molecule has 9 atom stereocenters. The van der Waals surface area contributed by atoms with E-state index in [9.17, 15) is 112 Å². The van der Waals surface area contributed by atoms with E-state index >= 15 is 0 Å². The first-order valence-electron chi connectivity index (χ1n) is 20.1. The van der Waals surface area contributed by atoms with Crippen LogP contribution in [0, 0.1) is 5.92 Å². The molecule has 0 aliphatic heterocycles. The van der Waals surface area contributed by atoms with Crippen molar-refractivity contribution in [2.45, 2.75) is 120 Å². The lowest BCUT2D eigenvalue weighted by molar-refractivity contribution is -0.144. The van der Waals surface area contributed by atoms with Gasteiger partial charge < -0.3 is 73.6 Å². The van der Waals surface area contributed by atoms with Crippen molar-refractivity contribution in [1.82, 2.24) is 37.2 Å². The molecule has 0 aromatic rings. The van der Waals surface area contributed by atoms with Crippen molar-refractivity contribution in [1.29, 1.82) is 0 Å². The summed E-state index contributed by atoms with van der Waals surface area (Å²) in [4.78, 5) is 219. The average Bonchev–Trinajstić information content (AvgIpc) is 3.20. The van der Waals surface area contributed by atoms with Gasteiger partial charge in [0.1, 0.15) is 55.0 Å². The number of carbonyl (C=O) groups is 13. The van der Waals surface area contributed by atoms with Gasteiger partial charge in [0.05, 0.1) is 25.3 Å². The van der Waals surface area contributed by atoms with Gasteiger partial charge in [-0.15, -0.1) is 4.52 Å². The Morgan fingerprint density at radius 2 is 0.803 bits per heavy atom. The van der Waals surface area contributed by atoms with Gasteiger partial charge in [-0.1, -0.05) is 13.8 Å². The molecule has 37 heteroatoms. The fraction of sp³-hybridized carbons (Fsp3) is 0.618. The van der Waals surface area contributed by atoms with Gasteiger partial charge in [0.25, 0.3) is 0 Å². The SMILES string of the molecule is CC(C)[C@H](NC(=O)[C@H](CC(=O)O)NC(=O)[C@@H](NC(=O)[C@H](CC(=O)O)NC(=O)[C@H](CO[P+](O)(O)O)NC(=O)[C@@H](N)CC(=O)O)[C@@H](C)O[P+](O)(O)O)C(=O)N[C@@H](CCC(=O)O)C(=O)N[C@@H](CCC(=O)O)C(=O)O. The van der Waals surface area contributed by atoms with E-state index in [0.717, 1.165) is 6.92 Å². The third kappa shape index (κ3) is 27.0. The summed E-state index contributed by atoms with van der Waals surface area (Å²) < 4.78 is 8.88. The zero-order chi connectivity index (χ0) is 55.3. The average molecular weight is 1070 g/mol. The van der Waals surface area contributed by atoms with Crippen LogP contribution in [0.3, 0.4) is 0 Å². The van der Waals surface area contributed by atoms with Crippen molar-refractivity contribution in [2.24, 2.45) is 11.7 Å². The van der Waals surface area contributed by atoms with Crippen molar-refractivity contribution in [3.05, 3.63) is 0 Å². The Kier molecular flexibility index (Phi) is 27.0. The molecule has 0 saturated carbocycles. The molecule has 35 nitrogen and oxygen atoms in total.